The number of benzene rings is 3. The molecule has 1 saturated heterocycles. The lowest BCUT2D eigenvalue weighted by Gasteiger charge is -2.29. The van der Waals surface area contributed by atoms with Crippen molar-refractivity contribution in [2.24, 2.45) is 0 Å². The molecule has 4 heteroatoms. The van der Waals surface area contributed by atoms with Gasteiger partial charge in [0.1, 0.15) is 5.70 Å². The lowest BCUT2D eigenvalue weighted by Crippen LogP contribution is -2.37. The van der Waals surface area contributed by atoms with Gasteiger partial charge in [-0.1, -0.05) is 54.6 Å². The van der Waals surface area contributed by atoms with E-state index in [1.54, 1.807) is 0 Å². The number of anilines is 1. The van der Waals surface area contributed by atoms with Crippen LogP contribution in [0.4, 0.5) is 5.69 Å². The van der Waals surface area contributed by atoms with Crippen LogP contribution >= 0.6 is 0 Å². The van der Waals surface area contributed by atoms with Crippen LogP contribution in [0.3, 0.4) is 0 Å². The van der Waals surface area contributed by atoms with Gasteiger partial charge >= 0.3 is 0 Å². The van der Waals surface area contributed by atoms with E-state index in [4.69, 9.17) is 0 Å². The molecule has 156 valence electrons. The van der Waals surface area contributed by atoms with Crippen LogP contribution in [0.1, 0.15) is 36.0 Å². The van der Waals surface area contributed by atoms with Gasteiger partial charge in [0.25, 0.3) is 11.8 Å². The van der Waals surface area contributed by atoms with Crippen molar-refractivity contribution in [3.63, 3.8) is 0 Å². The summed E-state index contributed by atoms with van der Waals surface area (Å²) in [7, 11) is 0. The molecule has 31 heavy (non-hydrogen) atoms. The van der Waals surface area contributed by atoms with E-state index >= 15 is 0 Å². The highest BCUT2D eigenvalue weighted by molar-refractivity contribution is 6.46. The topological polar surface area (TPSA) is 40.6 Å². The van der Waals surface area contributed by atoms with Crippen LogP contribution in [0.15, 0.2) is 66.4 Å². The van der Waals surface area contributed by atoms with Gasteiger partial charge in [0.05, 0.1) is 11.3 Å². The van der Waals surface area contributed by atoms with E-state index in [0.717, 1.165) is 54.3 Å². The van der Waals surface area contributed by atoms with Gasteiger partial charge in [-0.05, 0) is 61.3 Å². The Balaban J connectivity index is 1.69. The van der Waals surface area contributed by atoms with E-state index < -0.39 is 0 Å². The van der Waals surface area contributed by atoms with Crippen LogP contribution in [-0.2, 0) is 9.59 Å². The van der Waals surface area contributed by atoms with E-state index in [1.807, 2.05) is 67.6 Å². The number of hydrogen-bond donors (Lipinski definition) is 0. The lowest BCUT2D eigenvalue weighted by atomic mass is 9.98. The van der Waals surface area contributed by atoms with Crippen molar-refractivity contribution >= 4 is 33.8 Å². The fraction of sp³-hybridized carbons (Fsp3) is 0.259. The summed E-state index contributed by atoms with van der Waals surface area (Å²) in [6.07, 6.45) is 3.25. The molecule has 4 nitrogen and oxygen atoms in total. The van der Waals surface area contributed by atoms with Gasteiger partial charge in [-0.25, -0.2) is 4.90 Å². The Bertz CT molecular complexity index is 1230. The average molecular weight is 411 g/mol. The van der Waals surface area contributed by atoms with E-state index in [2.05, 4.69) is 11.8 Å². The first-order valence-corrected chi connectivity index (χ1v) is 11.0. The van der Waals surface area contributed by atoms with Gasteiger partial charge in [-0.15, -0.1) is 0 Å². The predicted molar refractivity (Wildman–Crippen MR) is 125 cm³/mol. The van der Waals surface area contributed by atoms with Gasteiger partial charge in [-0.3, -0.25) is 9.59 Å². The minimum absolute atomic E-state index is 0.212. The van der Waals surface area contributed by atoms with Crippen molar-refractivity contribution in [2.45, 2.75) is 33.1 Å². The summed E-state index contributed by atoms with van der Waals surface area (Å²) >= 11 is 0. The third-order valence-electron chi connectivity index (χ3n) is 6.53. The van der Waals surface area contributed by atoms with E-state index in [1.165, 1.54) is 10.5 Å². The summed E-state index contributed by atoms with van der Waals surface area (Å²) in [4.78, 5) is 31.1. The second-order valence-corrected chi connectivity index (χ2v) is 8.51. The van der Waals surface area contributed by atoms with Crippen LogP contribution in [-0.4, -0.2) is 29.8 Å². The third kappa shape index (κ3) is 3.23. The first kappa shape index (κ1) is 19.6. The number of carbonyl (C=O) groups excluding carboxylic acids is 2. The minimum Gasteiger partial charge on any atom is -0.366 e. The molecule has 2 aliphatic rings. The molecular weight excluding hydrogens is 384 g/mol. The van der Waals surface area contributed by atoms with Crippen LogP contribution in [0.25, 0.3) is 16.3 Å². The monoisotopic (exact) mass is 410 g/mol. The predicted octanol–water partition coefficient (Wildman–Crippen LogP) is 5.23. The van der Waals surface area contributed by atoms with Gasteiger partial charge in [-0.2, -0.15) is 0 Å². The summed E-state index contributed by atoms with van der Waals surface area (Å²) in [5.41, 5.74) is 4.86. The molecule has 2 heterocycles. The van der Waals surface area contributed by atoms with Crippen LogP contribution in [0, 0.1) is 13.8 Å². The van der Waals surface area contributed by atoms with Crippen molar-refractivity contribution in [3.05, 3.63) is 83.1 Å². The Hall–Kier alpha value is -3.40. The van der Waals surface area contributed by atoms with Gasteiger partial charge in [0.15, 0.2) is 0 Å². The number of likely N-dealkylation sites (tertiary alicyclic amines) is 1. The molecule has 0 spiro atoms. The molecule has 0 aliphatic carbocycles. The number of aryl methyl sites for hydroxylation is 2. The first-order valence-electron chi connectivity index (χ1n) is 11.0. The fourth-order valence-corrected chi connectivity index (χ4v) is 4.71. The zero-order valence-corrected chi connectivity index (χ0v) is 18.0. The highest BCUT2D eigenvalue weighted by Crippen LogP contribution is 2.38. The summed E-state index contributed by atoms with van der Waals surface area (Å²) in [6.45, 7) is 5.73. The van der Waals surface area contributed by atoms with Crippen molar-refractivity contribution in [2.75, 3.05) is 18.0 Å². The highest BCUT2D eigenvalue weighted by atomic mass is 16.2. The van der Waals surface area contributed by atoms with Crippen molar-refractivity contribution in [3.8, 4) is 0 Å². The maximum Gasteiger partial charge on any atom is 0.282 e. The SMILES string of the molecule is Cc1ccc(C2=C(N3CCCCC3)C(=O)N(c3cccc4ccccc34)C2=O)cc1C. The second kappa shape index (κ2) is 7.69. The number of fused-ring (bicyclic) bond motifs is 1. The summed E-state index contributed by atoms with van der Waals surface area (Å²) in [5, 5.41) is 1.92. The van der Waals surface area contributed by atoms with Crippen LogP contribution < -0.4 is 4.90 Å². The van der Waals surface area contributed by atoms with E-state index in [-0.39, 0.29) is 11.8 Å². The van der Waals surface area contributed by atoms with Crippen LogP contribution in [0.5, 0.6) is 0 Å². The van der Waals surface area contributed by atoms with Gasteiger partial charge < -0.3 is 4.90 Å². The molecule has 0 saturated carbocycles. The minimum atomic E-state index is -0.231. The molecular formula is C27H26N2O2. The summed E-state index contributed by atoms with van der Waals surface area (Å²) < 4.78 is 0. The quantitative estimate of drug-likeness (QED) is 0.556. The van der Waals surface area contributed by atoms with E-state index in [0.29, 0.717) is 17.0 Å². The Labute approximate surface area is 182 Å². The maximum absolute atomic E-state index is 13.8. The van der Waals surface area contributed by atoms with E-state index in [9.17, 15) is 9.59 Å². The molecule has 0 N–H and O–H groups in total. The molecule has 3 aromatic rings. The molecule has 0 bridgehead atoms. The first-order chi connectivity index (χ1) is 15.1. The zero-order valence-electron chi connectivity index (χ0n) is 18.0. The summed E-state index contributed by atoms with van der Waals surface area (Å²) in [6, 6.07) is 19.7. The number of carbonyl (C=O) groups is 2. The Morgan fingerprint density at radius 1 is 0.742 bits per heavy atom. The number of hydrogen-bond acceptors (Lipinski definition) is 3. The number of rotatable bonds is 3. The molecule has 3 aromatic carbocycles. The maximum atomic E-state index is 13.8. The second-order valence-electron chi connectivity index (χ2n) is 8.51. The number of piperidine rings is 1. The Kier molecular flexibility index (Phi) is 4.85. The summed E-state index contributed by atoms with van der Waals surface area (Å²) in [5.74, 6) is -0.443. The molecule has 0 radical (unpaired) electrons. The molecule has 2 aliphatic heterocycles. The Morgan fingerprint density at radius 3 is 2.26 bits per heavy atom. The number of amides is 2. The van der Waals surface area contributed by atoms with Crippen LogP contribution in [0.2, 0.25) is 0 Å². The molecule has 1 fully saturated rings. The molecule has 0 aromatic heterocycles. The molecule has 0 unspecified atom stereocenters. The van der Waals surface area contributed by atoms with Crippen molar-refractivity contribution in [1.29, 1.82) is 0 Å². The molecule has 2 amide bonds. The standard InChI is InChI=1S/C27H26N2O2/c1-18-13-14-21(17-19(18)2)24-25(28-15-6-3-7-16-28)27(31)29(26(24)30)23-12-8-10-20-9-4-5-11-22(20)23/h4-5,8-14,17H,3,6-7,15-16H2,1-2H3. The Morgan fingerprint density at radius 2 is 1.48 bits per heavy atom. The molecule has 5 rings (SSSR count). The number of imide groups is 1. The number of nitrogens with zero attached hydrogens (tertiary/aromatic N) is 2. The lowest BCUT2D eigenvalue weighted by molar-refractivity contribution is -0.120. The largest absolute Gasteiger partial charge is 0.366 e. The highest BCUT2D eigenvalue weighted by Gasteiger charge is 2.43. The fourth-order valence-electron chi connectivity index (χ4n) is 4.71. The normalized spacial score (nSPS) is 17.2. The zero-order chi connectivity index (χ0) is 21.5. The van der Waals surface area contributed by atoms with Crippen molar-refractivity contribution < 1.29 is 9.59 Å². The third-order valence-corrected chi connectivity index (χ3v) is 6.53. The smallest absolute Gasteiger partial charge is 0.282 e. The average Bonchev–Trinajstić information content (AvgIpc) is 3.06. The van der Waals surface area contributed by atoms with Gasteiger partial charge in [0, 0.05) is 18.5 Å². The van der Waals surface area contributed by atoms with Gasteiger partial charge in [0.2, 0.25) is 0 Å². The molecule has 0 atom stereocenters. The van der Waals surface area contributed by atoms with Crippen molar-refractivity contribution in [1.82, 2.24) is 4.90 Å².